The zero-order valence-corrected chi connectivity index (χ0v) is 17.6. The molecule has 1 unspecified atom stereocenters. The van der Waals surface area contributed by atoms with Crippen molar-refractivity contribution in [3.63, 3.8) is 0 Å². The Labute approximate surface area is 177 Å². The van der Waals surface area contributed by atoms with Crippen LogP contribution in [0.4, 0.5) is 0 Å². The van der Waals surface area contributed by atoms with Crippen molar-refractivity contribution >= 4 is 11.6 Å². The fourth-order valence-electron chi connectivity index (χ4n) is 4.12. The van der Waals surface area contributed by atoms with Crippen molar-refractivity contribution in [3.8, 4) is 5.75 Å². The van der Waals surface area contributed by atoms with Crippen LogP contribution in [-0.2, 0) is 11.2 Å². The van der Waals surface area contributed by atoms with E-state index < -0.39 is 0 Å². The van der Waals surface area contributed by atoms with Crippen molar-refractivity contribution in [3.05, 3.63) is 60.0 Å². The molecule has 7 nitrogen and oxygen atoms in total. The quantitative estimate of drug-likeness (QED) is 0.652. The van der Waals surface area contributed by atoms with E-state index in [1.165, 1.54) is 5.56 Å². The zero-order valence-electron chi connectivity index (χ0n) is 17.6. The highest BCUT2D eigenvalue weighted by atomic mass is 16.5. The maximum absolute atomic E-state index is 12.6. The number of carbonyl (C=O) groups excluding carboxylic acids is 1. The van der Waals surface area contributed by atoms with Crippen LogP contribution in [0.15, 0.2) is 48.7 Å². The Hall–Kier alpha value is -2.93. The number of methoxy groups -OCH3 is 1. The van der Waals surface area contributed by atoms with Gasteiger partial charge in [0, 0.05) is 18.7 Å². The zero-order chi connectivity index (χ0) is 20.9. The Kier molecular flexibility index (Phi) is 6.28. The largest absolute Gasteiger partial charge is 0.497 e. The van der Waals surface area contributed by atoms with Gasteiger partial charge in [0.1, 0.15) is 11.6 Å². The molecule has 1 fully saturated rings. The predicted octanol–water partition coefficient (Wildman–Crippen LogP) is 2.66. The minimum Gasteiger partial charge on any atom is -0.497 e. The van der Waals surface area contributed by atoms with E-state index in [4.69, 9.17) is 4.74 Å². The number of aromatic nitrogens is 3. The van der Waals surface area contributed by atoms with Gasteiger partial charge in [-0.3, -0.25) is 14.1 Å². The lowest BCUT2D eigenvalue weighted by Gasteiger charge is -2.34. The first-order valence-electron chi connectivity index (χ1n) is 10.6. The molecule has 7 heteroatoms. The van der Waals surface area contributed by atoms with Gasteiger partial charge >= 0.3 is 0 Å². The molecule has 1 N–H and O–H groups in total. The summed E-state index contributed by atoms with van der Waals surface area (Å²) in [7, 11) is 1.66. The van der Waals surface area contributed by atoms with Crippen LogP contribution in [0.2, 0.25) is 0 Å². The smallest absolute Gasteiger partial charge is 0.237 e. The lowest BCUT2D eigenvalue weighted by Crippen LogP contribution is -2.48. The number of rotatable bonds is 7. The Morgan fingerprint density at radius 2 is 1.93 bits per heavy atom. The number of piperidine rings is 1. The molecule has 1 aromatic carbocycles. The first kappa shape index (κ1) is 20.3. The molecule has 0 aliphatic carbocycles. The van der Waals surface area contributed by atoms with Crippen LogP contribution in [0.5, 0.6) is 5.75 Å². The van der Waals surface area contributed by atoms with E-state index in [1.807, 2.05) is 55.6 Å². The standard InChI is InChI=1S/C23H29N5O2/c1-17(23(29)24-13-10-18-6-8-20(30-2)9-7-18)27-15-11-19(12-16-27)22-26-25-21-5-3-4-14-28(21)22/h3-9,14,17,19H,10-13,15-16H2,1-2H3,(H,24,29). The van der Waals surface area contributed by atoms with E-state index in [2.05, 4.69) is 24.8 Å². The molecule has 0 spiro atoms. The van der Waals surface area contributed by atoms with Crippen molar-refractivity contribution in [2.24, 2.45) is 0 Å². The number of likely N-dealkylation sites (tertiary alicyclic amines) is 1. The minimum absolute atomic E-state index is 0.0925. The molecular weight excluding hydrogens is 378 g/mol. The van der Waals surface area contributed by atoms with Crippen LogP contribution in [0.3, 0.4) is 0 Å². The highest BCUT2D eigenvalue weighted by Crippen LogP contribution is 2.28. The highest BCUT2D eigenvalue weighted by Gasteiger charge is 2.29. The van der Waals surface area contributed by atoms with Crippen LogP contribution < -0.4 is 10.1 Å². The van der Waals surface area contributed by atoms with Gasteiger partial charge < -0.3 is 10.1 Å². The average molecular weight is 408 g/mol. The van der Waals surface area contributed by atoms with E-state index in [0.717, 1.165) is 49.6 Å². The number of ether oxygens (including phenoxy) is 1. The third kappa shape index (κ3) is 4.46. The Morgan fingerprint density at radius 3 is 2.67 bits per heavy atom. The predicted molar refractivity (Wildman–Crippen MR) is 116 cm³/mol. The van der Waals surface area contributed by atoms with Gasteiger partial charge in [0.15, 0.2) is 5.65 Å². The third-order valence-corrected chi connectivity index (χ3v) is 6.03. The summed E-state index contributed by atoms with van der Waals surface area (Å²) >= 11 is 0. The summed E-state index contributed by atoms with van der Waals surface area (Å²) in [6.07, 6.45) is 4.80. The number of amides is 1. The minimum atomic E-state index is -0.128. The van der Waals surface area contributed by atoms with E-state index in [0.29, 0.717) is 12.5 Å². The van der Waals surface area contributed by atoms with Crippen molar-refractivity contribution in [2.75, 3.05) is 26.7 Å². The van der Waals surface area contributed by atoms with Crippen LogP contribution >= 0.6 is 0 Å². The second-order valence-electron chi connectivity index (χ2n) is 7.86. The molecule has 1 atom stereocenters. The number of pyridine rings is 1. The maximum Gasteiger partial charge on any atom is 0.237 e. The Morgan fingerprint density at radius 1 is 1.17 bits per heavy atom. The van der Waals surface area contributed by atoms with Crippen molar-refractivity contribution in [2.45, 2.75) is 38.1 Å². The molecule has 0 saturated carbocycles. The SMILES string of the molecule is COc1ccc(CCNC(=O)C(C)N2CCC(c3nnc4ccccn34)CC2)cc1. The molecule has 3 aromatic rings. The number of carbonyl (C=O) groups is 1. The first-order valence-corrected chi connectivity index (χ1v) is 10.6. The molecule has 2 aromatic heterocycles. The molecule has 30 heavy (non-hydrogen) atoms. The summed E-state index contributed by atoms with van der Waals surface area (Å²) in [6, 6.07) is 13.8. The number of nitrogens with one attached hydrogen (secondary N) is 1. The average Bonchev–Trinajstić information content (AvgIpc) is 3.23. The second kappa shape index (κ2) is 9.26. The number of benzene rings is 1. The normalized spacial score (nSPS) is 16.5. The summed E-state index contributed by atoms with van der Waals surface area (Å²) in [4.78, 5) is 14.9. The highest BCUT2D eigenvalue weighted by molar-refractivity contribution is 5.81. The van der Waals surface area contributed by atoms with Crippen molar-refractivity contribution in [1.29, 1.82) is 0 Å². The van der Waals surface area contributed by atoms with E-state index in [9.17, 15) is 4.79 Å². The molecule has 1 amide bonds. The van der Waals surface area contributed by atoms with Crippen LogP contribution in [0.1, 0.15) is 37.1 Å². The monoisotopic (exact) mass is 407 g/mol. The lowest BCUT2D eigenvalue weighted by molar-refractivity contribution is -0.126. The summed E-state index contributed by atoms with van der Waals surface area (Å²) in [5.74, 6) is 2.35. The third-order valence-electron chi connectivity index (χ3n) is 6.03. The lowest BCUT2D eigenvalue weighted by atomic mass is 9.95. The molecular formula is C23H29N5O2. The van der Waals surface area contributed by atoms with Crippen LogP contribution in [0, 0.1) is 0 Å². The summed E-state index contributed by atoms with van der Waals surface area (Å²) < 4.78 is 7.26. The molecule has 3 heterocycles. The second-order valence-corrected chi connectivity index (χ2v) is 7.86. The number of fused-ring (bicyclic) bond motifs is 1. The van der Waals surface area contributed by atoms with Gasteiger partial charge in [-0.15, -0.1) is 10.2 Å². The fourth-order valence-corrected chi connectivity index (χ4v) is 4.12. The molecule has 4 rings (SSSR count). The van der Waals surface area contributed by atoms with Gasteiger partial charge in [-0.2, -0.15) is 0 Å². The van der Waals surface area contributed by atoms with Gasteiger partial charge in [0.25, 0.3) is 0 Å². The van der Waals surface area contributed by atoms with Gasteiger partial charge in [-0.05, 0) is 69.1 Å². The summed E-state index contributed by atoms with van der Waals surface area (Å²) in [5.41, 5.74) is 2.07. The fraction of sp³-hybridized carbons (Fsp3) is 0.435. The van der Waals surface area contributed by atoms with Gasteiger partial charge in [-0.1, -0.05) is 18.2 Å². The Balaban J connectivity index is 1.25. The number of nitrogens with zero attached hydrogens (tertiary/aromatic N) is 4. The van der Waals surface area contributed by atoms with Gasteiger partial charge in [0.05, 0.1) is 13.2 Å². The number of hydrogen-bond acceptors (Lipinski definition) is 5. The maximum atomic E-state index is 12.6. The Bertz CT molecular complexity index is 977. The van der Waals surface area contributed by atoms with Crippen LogP contribution in [-0.4, -0.2) is 58.2 Å². The molecule has 0 radical (unpaired) electrons. The summed E-state index contributed by atoms with van der Waals surface area (Å²) in [6.45, 7) is 4.41. The summed E-state index contributed by atoms with van der Waals surface area (Å²) in [5, 5.41) is 11.8. The van der Waals surface area contributed by atoms with Crippen LogP contribution in [0.25, 0.3) is 5.65 Å². The molecule has 158 valence electrons. The van der Waals surface area contributed by atoms with Crippen molar-refractivity contribution < 1.29 is 9.53 Å². The first-order chi connectivity index (χ1) is 14.7. The molecule has 1 aliphatic rings. The van der Waals surface area contributed by atoms with E-state index in [-0.39, 0.29) is 11.9 Å². The van der Waals surface area contributed by atoms with E-state index >= 15 is 0 Å². The molecule has 1 aliphatic heterocycles. The van der Waals surface area contributed by atoms with Crippen molar-refractivity contribution in [1.82, 2.24) is 24.8 Å². The topological polar surface area (TPSA) is 71.8 Å². The molecule has 0 bridgehead atoms. The van der Waals surface area contributed by atoms with Gasteiger partial charge in [0.2, 0.25) is 5.91 Å². The van der Waals surface area contributed by atoms with Gasteiger partial charge in [-0.25, -0.2) is 0 Å². The molecule has 1 saturated heterocycles. The number of hydrogen-bond donors (Lipinski definition) is 1. The van der Waals surface area contributed by atoms with E-state index in [1.54, 1.807) is 7.11 Å².